The van der Waals surface area contributed by atoms with E-state index in [2.05, 4.69) is 12.2 Å². The first kappa shape index (κ1) is 13.5. The minimum atomic E-state index is -0.844. The molecular formula is C13H20N2O2S. The van der Waals surface area contributed by atoms with Gasteiger partial charge in [0.25, 0.3) is 0 Å². The molecule has 5 heteroatoms. The van der Waals surface area contributed by atoms with E-state index in [9.17, 15) is 4.79 Å². The van der Waals surface area contributed by atoms with Crippen LogP contribution in [0, 0.1) is 12.8 Å². The maximum atomic E-state index is 11.1. The van der Waals surface area contributed by atoms with E-state index in [4.69, 9.17) is 10.8 Å². The summed E-state index contributed by atoms with van der Waals surface area (Å²) in [5.41, 5.74) is 6.25. The van der Waals surface area contributed by atoms with Crippen LogP contribution in [0.5, 0.6) is 0 Å². The summed E-state index contributed by atoms with van der Waals surface area (Å²) in [4.78, 5) is 13.1. The van der Waals surface area contributed by atoms with Crippen molar-refractivity contribution < 1.29 is 9.90 Å². The first-order valence-electron chi connectivity index (χ1n) is 6.32. The molecule has 4 N–H and O–H groups in total. The largest absolute Gasteiger partial charge is 0.478 e. The Morgan fingerprint density at radius 3 is 2.89 bits per heavy atom. The standard InChI is InChI=1S/C13H20N2O2S/c1-7-3-4-9(6-14)12(15-7)11-5-10(13(16)17)8(2)18-11/h5,7,9,12,15H,3-4,6,14H2,1-2H3,(H,16,17). The van der Waals surface area contributed by atoms with Crippen molar-refractivity contribution in [3.63, 3.8) is 0 Å². The molecule has 3 unspecified atom stereocenters. The van der Waals surface area contributed by atoms with Crippen molar-refractivity contribution in [1.29, 1.82) is 0 Å². The number of rotatable bonds is 3. The van der Waals surface area contributed by atoms with E-state index in [1.54, 1.807) is 17.4 Å². The highest BCUT2D eigenvalue weighted by Crippen LogP contribution is 2.36. The second kappa shape index (κ2) is 5.38. The highest BCUT2D eigenvalue weighted by atomic mass is 32.1. The summed E-state index contributed by atoms with van der Waals surface area (Å²) in [6, 6.07) is 2.48. The molecule has 3 atom stereocenters. The van der Waals surface area contributed by atoms with Crippen LogP contribution in [0.25, 0.3) is 0 Å². The molecule has 0 bridgehead atoms. The van der Waals surface area contributed by atoms with Crippen LogP contribution < -0.4 is 11.1 Å². The average molecular weight is 268 g/mol. The second-order valence-corrected chi connectivity index (χ2v) is 6.33. The third-order valence-corrected chi connectivity index (χ3v) is 4.82. The molecule has 4 nitrogen and oxygen atoms in total. The highest BCUT2D eigenvalue weighted by molar-refractivity contribution is 7.12. The summed E-state index contributed by atoms with van der Waals surface area (Å²) >= 11 is 1.57. The SMILES string of the molecule is Cc1sc(C2NC(C)CCC2CN)cc1C(=O)O. The summed E-state index contributed by atoms with van der Waals surface area (Å²) < 4.78 is 0. The van der Waals surface area contributed by atoms with Crippen molar-refractivity contribution in [2.24, 2.45) is 11.7 Å². The molecule has 0 aromatic carbocycles. The molecular weight excluding hydrogens is 248 g/mol. The third-order valence-electron chi connectivity index (χ3n) is 3.68. The Morgan fingerprint density at radius 1 is 1.61 bits per heavy atom. The molecule has 1 fully saturated rings. The lowest BCUT2D eigenvalue weighted by atomic mass is 9.87. The molecule has 18 heavy (non-hydrogen) atoms. The Labute approximate surface area is 111 Å². The van der Waals surface area contributed by atoms with E-state index < -0.39 is 5.97 Å². The Bertz CT molecular complexity index is 444. The van der Waals surface area contributed by atoms with Crippen LogP contribution in [0.4, 0.5) is 0 Å². The first-order chi connectivity index (χ1) is 8.52. The van der Waals surface area contributed by atoms with Gasteiger partial charge in [0, 0.05) is 21.8 Å². The zero-order valence-electron chi connectivity index (χ0n) is 10.8. The Hall–Kier alpha value is -0.910. The maximum absolute atomic E-state index is 11.1. The molecule has 1 aromatic heterocycles. The van der Waals surface area contributed by atoms with Crippen molar-refractivity contribution in [2.45, 2.75) is 38.8 Å². The first-order valence-corrected chi connectivity index (χ1v) is 7.14. The van der Waals surface area contributed by atoms with Gasteiger partial charge in [0.2, 0.25) is 0 Å². The van der Waals surface area contributed by atoms with Gasteiger partial charge in [-0.05, 0) is 45.2 Å². The molecule has 1 aliphatic heterocycles. The fourth-order valence-corrected chi connectivity index (χ4v) is 3.77. The van der Waals surface area contributed by atoms with Crippen LogP contribution in [-0.2, 0) is 0 Å². The average Bonchev–Trinajstić information content (AvgIpc) is 2.71. The van der Waals surface area contributed by atoms with E-state index in [1.165, 1.54) is 0 Å². The number of carboxylic acid groups (broad SMARTS) is 1. The summed E-state index contributed by atoms with van der Waals surface area (Å²) in [5, 5.41) is 12.7. The lowest BCUT2D eigenvalue weighted by Crippen LogP contribution is -2.42. The predicted octanol–water partition coefficient (Wildman–Crippen LogP) is 2.14. The molecule has 0 saturated carbocycles. The summed E-state index contributed by atoms with van der Waals surface area (Å²) in [6.07, 6.45) is 2.24. The van der Waals surface area contributed by atoms with Gasteiger partial charge >= 0.3 is 5.97 Å². The lowest BCUT2D eigenvalue weighted by molar-refractivity contribution is 0.0696. The van der Waals surface area contributed by atoms with E-state index in [0.717, 1.165) is 22.6 Å². The van der Waals surface area contributed by atoms with Gasteiger partial charge in [-0.2, -0.15) is 0 Å². The number of hydrogen-bond acceptors (Lipinski definition) is 4. The molecule has 100 valence electrons. The van der Waals surface area contributed by atoms with Gasteiger partial charge in [-0.25, -0.2) is 4.79 Å². The van der Waals surface area contributed by atoms with Gasteiger partial charge < -0.3 is 16.2 Å². The van der Waals surface area contributed by atoms with Crippen molar-refractivity contribution in [1.82, 2.24) is 5.32 Å². The Kier molecular flexibility index (Phi) is 4.04. The highest BCUT2D eigenvalue weighted by Gasteiger charge is 2.30. The summed E-state index contributed by atoms with van der Waals surface area (Å²) in [6.45, 7) is 4.67. The zero-order valence-corrected chi connectivity index (χ0v) is 11.6. The van der Waals surface area contributed by atoms with Crippen molar-refractivity contribution in [3.8, 4) is 0 Å². The Morgan fingerprint density at radius 2 is 2.33 bits per heavy atom. The fraction of sp³-hybridized carbons (Fsp3) is 0.615. The van der Waals surface area contributed by atoms with Crippen LogP contribution in [0.3, 0.4) is 0 Å². The number of piperidine rings is 1. The number of aryl methyl sites for hydroxylation is 1. The second-order valence-electron chi connectivity index (χ2n) is 5.04. The molecule has 1 aliphatic rings. The van der Waals surface area contributed by atoms with E-state index >= 15 is 0 Å². The van der Waals surface area contributed by atoms with E-state index in [1.807, 2.05) is 6.92 Å². The normalized spacial score (nSPS) is 28.3. The number of nitrogens with two attached hydrogens (primary N) is 1. The van der Waals surface area contributed by atoms with Crippen LogP contribution in [0.15, 0.2) is 6.07 Å². The molecule has 0 radical (unpaired) electrons. The number of thiophene rings is 1. The van der Waals surface area contributed by atoms with Crippen molar-refractivity contribution in [3.05, 3.63) is 21.4 Å². The van der Waals surface area contributed by atoms with Crippen molar-refractivity contribution in [2.75, 3.05) is 6.54 Å². The zero-order chi connectivity index (χ0) is 13.3. The number of carbonyl (C=O) groups is 1. The third kappa shape index (κ3) is 2.58. The molecule has 2 heterocycles. The van der Waals surface area contributed by atoms with Gasteiger partial charge in [-0.1, -0.05) is 0 Å². The van der Waals surface area contributed by atoms with E-state index in [-0.39, 0.29) is 6.04 Å². The smallest absolute Gasteiger partial charge is 0.336 e. The molecule has 0 amide bonds. The number of aromatic carboxylic acids is 1. The summed E-state index contributed by atoms with van der Waals surface area (Å²) in [7, 11) is 0. The number of nitrogens with one attached hydrogen (secondary N) is 1. The summed E-state index contributed by atoms with van der Waals surface area (Å²) in [5.74, 6) is -0.441. The van der Waals surface area contributed by atoms with Crippen LogP contribution >= 0.6 is 11.3 Å². The quantitative estimate of drug-likeness (QED) is 0.785. The van der Waals surface area contributed by atoms with Gasteiger partial charge in [-0.15, -0.1) is 11.3 Å². The topological polar surface area (TPSA) is 75.3 Å². The molecule has 2 rings (SSSR count). The van der Waals surface area contributed by atoms with Gasteiger partial charge in [0.15, 0.2) is 0 Å². The fourth-order valence-electron chi connectivity index (χ4n) is 2.60. The monoisotopic (exact) mass is 268 g/mol. The maximum Gasteiger partial charge on any atom is 0.336 e. The van der Waals surface area contributed by atoms with Crippen LogP contribution in [0.2, 0.25) is 0 Å². The van der Waals surface area contributed by atoms with Crippen LogP contribution in [0.1, 0.15) is 45.9 Å². The number of hydrogen-bond donors (Lipinski definition) is 3. The van der Waals surface area contributed by atoms with Gasteiger partial charge in [0.1, 0.15) is 0 Å². The molecule has 0 spiro atoms. The van der Waals surface area contributed by atoms with Gasteiger partial charge in [0.05, 0.1) is 5.56 Å². The predicted molar refractivity (Wildman–Crippen MR) is 73.1 cm³/mol. The Balaban J connectivity index is 2.28. The minimum absolute atomic E-state index is 0.204. The van der Waals surface area contributed by atoms with Gasteiger partial charge in [-0.3, -0.25) is 0 Å². The van der Waals surface area contributed by atoms with Crippen molar-refractivity contribution >= 4 is 17.3 Å². The molecule has 0 aliphatic carbocycles. The van der Waals surface area contributed by atoms with E-state index in [0.29, 0.717) is 24.1 Å². The van der Waals surface area contributed by atoms with Crippen LogP contribution in [-0.4, -0.2) is 23.7 Å². The lowest BCUT2D eigenvalue weighted by Gasteiger charge is -2.35. The number of carboxylic acids is 1. The molecule has 1 aromatic rings. The minimum Gasteiger partial charge on any atom is -0.478 e. The molecule has 1 saturated heterocycles.